The average Bonchev–Trinajstić information content (AvgIpc) is 2.77. The van der Waals surface area contributed by atoms with Crippen molar-refractivity contribution in [2.75, 3.05) is 6.61 Å². The van der Waals surface area contributed by atoms with Crippen LogP contribution < -0.4 is 10.2 Å². The normalized spacial score (nSPS) is 10.8. The van der Waals surface area contributed by atoms with Crippen LogP contribution in [0.5, 0.6) is 5.75 Å². The van der Waals surface area contributed by atoms with Crippen molar-refractivity contribution >= 4 is 66.6 Å². The molecule has 0 bridgehead atoms. The zero-order valence-electron chi connectivity index (χ0n) is 10.5. The van der Waals surface area contributed by atoms with Crippen LogP contribution in [0.3, 0.4) is 0 Å². The first-order chi connectivity index (χ1) is 10.0. The molecule has 0 atom stereocenters. The maximum absolute atomic E-state index is 11.5. The molecule has 1 N–H and O–H groups in total. The van der Waals surface area contributed by atoms with E-state index in [-0.39, 0.29) is 12.5 Å². The zero-order chi connectivity index (χ0) is 15.2. The standard InChI is InChI=1S/C13H9Br2IN2O3/c14-11-5-10(21-13(11)15)6-17-18-12(19)7-20-9-3-1-8(16)2-4-9/h1-6H,7H2,(H,18,19). The van der Waals surface area contributed by atoms with Gasteiger partial charge in [-0.05, 0) is 78.7 Å². The second kappa shape index (κ2) is 7.95. The molecule has 1 amide bonds. The number of furan rings is 1. The predicted molar refractivity (Wildman–Crippen MR) is 94.5 cm³/mol. The summed E-state index contributed by atoms with van der Waals surface area (Å²) in [6.07, 6.45) is 1.40. The van der Waals surface area contributed by atoms with Crippen molar-refractivity contribution in [1.82, 2.24) is 5.43 Å². The van der Waals surface area contributed by atoms with Crippen molar-refractivity contribution < 1.29 is 13.9 Å². The molecule has 1 aromatic heterocycles. The third kappa shape index (κ3) is 5.44. The number of hydrogen-bond acceptors (Lipinski definition) is 4. The van der Waals surface area contributed by atoms with Crippen LogP contribution in [-0.2, 0) is 4.79 Å². The number of nitrogens with zero attached hydrogens (tertiary/aromatic N) is 1. The summed E-state index contributed by atoms with van der Waals surface area (Å²) in [7, 11) is 0. The van der Waals surface area contributed by atoms with Crippen molar-refractivity contribution in [2.45, 2.75) is 0 Å². The number of hydrogen-bond donors (Lipinski definition) is 1. The molecule has 8 heteroatoms. The Kier molecular flexibility index (Phi) is 6.24. The Labute approximate surface area is 151 Å². The molecule has 0 saturated carbocycles. The van der Waals surface area contributed by atoms with Crippen LogP contribution >= 0.6 is 54.5 Å². The highest BCUT2D eigenvalue weighted by atomic mass is 127. The summed E-state index contributed by atoms with van der Waals surface area (Å²) >= 11 is 8.69. The predicted octanol–water partition coefficient (Wildman–Crippen LogP) is 3.94. The van der Waals surface area contributed by atoms with E-state index in [2.05, 4.69) is 65.0 Å². The van der Waals surface area contributed by atoms with Crippen molar-refractivity contribution in [3.63, 3.8) is 0 Å². The molecule has 21 heavy (non-hydrogen) atoms. The molecule has 5 nitrogen and oxygen atoms in total. The summed E-state index contributed by atoms with van der Waals surface area (Å²) < 4.78 is 13.0. The summed E-state index contributed by atoms with van der Waals surface area (Å²) in [6, 6.07) is 9.13. The van der Waals surface area contributed by atoms with Crippen LogP contribution in [0.4, 0.5) is 0 Å². The first-order valence-electron chi connectivity index (χ1n) is 5.69. The number of hydrazone groups is 1. The fourth-order valence-corrected chi connectivity index (χ4v) is 2.27. The molecule has 0 aliphatic heterocycles. The minimum atomic E-state index is -0.352. The molecule has 0 spiro atoms. The number of halogens is 3. The largest absolute Gasteiger partial charge is 0.484 e. The number of rotatable bonds is 5. The fourth-order valence-electron chi connectivity index (χ4n) is 1.31. The molecule has 1 heterocycles. The van der Waals surface area contributed by atoms with Gasteiger partial charge in [-0.25, -0.2) is 5.43 Å². The maximum atomic E-state index is 11.5. The fraction of sp³-hybridized carbons (Fsp3) is 0.0769. The van der Waals surface area contributed by atoms with E-state index in [1.54, 1.807) is 18.2 Å². The summed E-state index contributed by atoms with van der Waals surface area (Å²) in [6.45, 7) is -0.108. The van der Waals surface area contributed by atoms with Crippen LogP contribution in [0.2, 0.25) is 0 Å². The van der Waals surface area contributed by atoms with Gasteiger partial charge in [-0.3, -0.25) is 4.79 Å². The monoisotopic (exact) mass is 526 g/mol. The van der Waals surface area contributed by atoms with Crippen molar-refractivity contribution in [2.24, 2.45) is 5.10 Å². The van der Waals surface area contributed by atoms with Crippen LogP contribution in [0.25, 0.3) is 0 Å². The Hall–Kier alpha value is -0.870. The molecule has 2 rings (SSSR count). The van der Waals surface area contributed by atoms with E-state index in [4.69, 9.17) is 9.15 Å². The van der Waals surface area contributed by atoms with Crippen LogP contribution in [0, 0.1) is 3.57 Å². The van der Waals surface area contributed by atoms with Gasteiger partial charge < -0.3 is 9.15 Å². The van der Waals surface area contributed by atoms with Crippen molar-refractivity contribution in [1.29, 1.82) is 0 Å². The quantitative estimate of drug-likeness (QED) is 0.364. The van der Waals surface area contributed by atoms with Crippen molar-refractivity contribution in [3.8, 4) is 5.75 Å². The van der Waals surface area contributed by atoms with Gasteiger partial charge in [0.1, 0.15) is 11.5 Å². The molecule has 0 saturated heterocycles. The van der Waals surface area contributed by atoms with E-state index in [0.29, 0.717) is 16.2 Å². The van der Waals surface area contributed by atoms with Gasteiger partial charge in [0.15, 0.2) is 11.3 Å². The van der Waals surface area contributed by atoms with Gasteiger partial charge in [-0.2, -0.15) is 5.10 Å². The highest BCUT2D eigenvalue weighted by Crippen LogP contribution is 2.25. The first-order valence-corrected chi connectivity index (χ1v) is 8.36. The molecule has 0 aliphatic carbocycles. The smallest absolute Gasteiger partial charge is 0.277 e. The molecule has 1 aromatic carbocycles. The number of benzene rings is 1. The van der Waals surface area contributed by atoms with E-state index in [9.17, 15) is 4.79 Å². The summed E-state index contributed by atoms with van der Waals surface area (Å²) in [5.41, 5.74) is 2.35. The number of carbonyl (C=O) groups is 1. The van der Waals surface area contributed by atoms with Gasteiger partial charge in [0.2, 0.25) is 0 Å². The molecule has 0 aliphatic rings. The highest BCUT2D eigenvalue weighted by molar-refractivity contribution is 14.1. The van der Waals surface area contributed by atoms with Crippen LogP contribution in [0.1, 0.15) is 5.76 Å². The molecular formula is C13H9Br2IN2O3. The van der Waals surface area contributed by atoms with E-state index >= 15 is 0 Å². The second-order valence-electron chi connectivity index (χ2n) is 3.81. The van der Waals surface area contributed by atoms with Crippen LogP contribution in [0.15, 0.2) is 49.0 Å². The van der Waals surface area contributed by atoms with Gasteiger partial charge in [-0.1, -0.05) is 0 Å². The second-order valence-corrected chi connectivity index (χ2v) is 6.63. The molecule has 0 radical (unpaired) electrons. The molecule has 110 valence electrons. The lowest BCUT2D eigenvalue weighted by atomic mass is 10.3. The summed E-state index contributed by atoms with van der Waals surface area (Å²) in [5, 5.41) is 3.78. The van der Waals surface area contributed by atoms with Gasteiger partial charge in [-0.15, -0.1) is 0 Å². The Bertz CT molecular complexity index is 636. The highest BCUT2D eigenvalue weighted by Gasteiger charge is 2.04. The lowest BCUT2D eigenvalue weighted by Gasteiger charge is -2.04. The van der Waals surface area contributed by atoms with E-state index in [1.807, 2.05) is 12.1 Å². The minimum Gasteiger partial charge on any atom is -0.484 e. The Morgan fingerprint density at radius 2 is 2.10 bits per heavy atom. The third-order valence-electron chi connectivity index (χ3n) is 2.23. The van der Waals surface area contributed by atoms with Gasteiger partial charge in [0.05, 0.1) is 10.7 Å². The van der Waals surface area contributed by atoms with Crippen molar-refractivity contribution in [3.05, 3.63) is 48.8 Å². The van der Waals surface area contributed by atoms with E-state index < -0.39 is 0 Å². The summed E-state index contributed by atoms with van der Waals surface area (Å²) in [5.74, 6) is 0.788. The molecule has 2 aromatic rings. The Balaban J connectivity index is 1.78. The number of carbonyl (C=O) groups excluding carboxylic acids is 1. The van der Waals surface area contributed by atoms with Gasteiger partial charge >= 0.3 is 0 Å². The SMILES string of the molecule is O=C(COc1ccc(I)cc1)NN=Cc1cc(Br)c(Br)o1. The average molecular weight is 528 g/mol. The van der Waals surface area contributed by atoms with E-state index in [1.165, 1.54) is 6.21 Å². The maximum Gasteiger partial charge on any atom is 0.277 e. The number of amides is 1. The third-order valence-corrected chi connectivity index (χ3v) is 4.66. The van der Waals surface area contributed by atoms with Gasteiger partial charge in [0, 0.05) is 9.64 Å². The lowest BCUT2D eigenvalue weighted by Crippen LogP contribution is -2.24. The zero-order valence-corrected chi connectivity index (χ0v) is 15.8. The lowest BCUT2D eigenvalue weighted by molar-refractivity contribution is -0.123. The molecule has 0 fully saturated rings. The molecule has 0 unspecified atom stereocenters. The van der Waals surface area contributed by atoms with E-state index in [0.717, 1.165) is 8.04 Å². The topological polar surface area (TPSA) is 63.8 Å². The Morgan fingerprint density at radius 3 is 2.71 bits per heavy atom. The molecular weight excluding hydrogens is 519 g/mol. The first kappa shape index (κ1) is 16.5. The van der Waals surface area contributed by atoms with Gasteiger partial charge in [0.25, 0.3) is 5.91 Å². The number of ether oxygens (including phenoxy) is 1. The van der Waals surface area contributed by atoms with Crippen LogP contribution in [-0.4, -0.2) is 18.7 Å². The Morgan fingerprint density at radius 1 is 1.38 bits per heavy atom. The number of nitrogens with one attached hydrogen (secondary N) is 1. The minimum absolute atomic E-state index is 0.108. The summed E-state index contributed by atoms with van der Waals surface area (Å²) in [4.78, 5) is 11.5.